The van der Waals surface area contributed by atoms with E-state index in [0.717, 1.165) is 10.8 Å². The van der Waals surface area contributed by atoms with E-state index in [1.54, 1.807) is 17.8 Å². The molecule has 0 radical (unpaired) electrons. The minimum absolute atomic E-state index is 0.195. The van der Waals surface area contributed by atoms with Crippen LogP contribution in [0.2, 0.25) is 0 Å². The van der Waals surface area contributed by atoms with Gasteiger partial charge in [0.25, 0.3) is 0 Å². The lowest BCUT2D eigenvalue weighted by Gasteiger charge is -2.09. The van der Waals surface area contributed by atoms with Crippen LogP contribution in [0.3, 0.4) is 0 Å². The fraction of sp³-hybridized carbons (Fsp3) is 0.545. The predicted molar refractivity (Wildman–Crippen MR) is 66.8 cm³/mol. The SMILES string of the molecule is CCOc1nc(SCC(C)CO)ccc1N. The van der Waals surface area contributed by atoms with Gasteiger partial charge in [0.1, 0.15) is 5.03 Å². The van der Waals surface area contributed by atoms with Crippen LogP contribution in [0.4, 0.5) is 5.69 Å². The van der Waals surface area contributed by atoms with Crippen molar-refractivity contribution in [3.05, 3.63) is 12.1 Å². The Bertz CT molecular complexity index is 334. The Balaban J connectivity index is 2.63. The molecule has 4 nitrogen and oxygen atoms in total. The molecule has 90 valence electrons. The van der Waals surface area contributed by atoms with E-state index in [4.69, 9.17) is 15.6 Å². The van der Waals surface area contributed by atoms with Crippen molar-refractivity contribution in [2.24, 2.45) is 5.92 Å². The molecule has 1 aromatic heterocycles. The molecule has 1 atom stereocenters. The number of hydrogen-bond donors (Lipinski definition) is 2. The van der Waals surface area contributed by atoms with Crippen molar-refractivity contribution in [3.8, 4) is 5.88 Å². The molecule has 0 aromatic carbocycles. The number of aliphatic hydroxyl groups is 1. The summed E-state index contributed by atoms with van der Waals surface area (Å²) in [6, 6.07) is 3.66. The van der Waals surface area contributed by atoms with Crippen molar-refractivity contribution in [3.63, 3.8) is 0 Å². The number of hydrogen-bond acceptors (Lipinski definition) is 5. The Kier molecular flexibility index (Phi) is 5.42. The van der Waals surface area contributed by atoms with Gasteiger partial charge >= 0.3 is 0 Å². The second-order valence-electron chi connectivity index (χ2n) is 3.58. The van der Waals surface area contributed by atoms with Crippen LogP contribution < -0.4 is 10.5 Å². The van der Waals surface area contributed by atoms with E-state index in [-0.39, 0.29) is 12.5 Å². The van der Waals surface area contributed by atoms with E-state index in [2.05, 4.69) is 4.98 Å². The van der Waals surface area contributed by atoms with Crippen molar-refractivity contribution in [1.82, 2.24) is 4.98 Å². The van der Waals surface area contributed by atoms with Gasteiger partial charge in [0.15, 0.2) is 0 Å². The topological polar surface area (TPSA) is 68.4 Å². The predicted octanol–water partition coefficient (Wildman–Crippen LogP) is 1.78. The van der Waals surface area contributed by atoms with Gasteiger partial charge < -0.3 is 15.6 Å². The second-order valence-corrected chi connectivity index (χ2v) is 4.62. The molecular weight excluding hydrogens is 224 g/mol. The molecule has 0 bridgehead atoms. The van der Waals surface area contributed by atoms with Crippen LogP contribution in [0.1, 0.15) is 13.8 Å². The molecule has 1 aromatic rings. The molecule has 0 aliphatic heterocycles. The van der Waals surface area contributed by atoms with Gasteiger partial charge in [-0.1, -0.05) is 6.92 Å². The highest BCUT2D eigenvalue weighted by molar-refractivity contribution is 7.99. The van der Waals surface area contributed by atoms with Crippen LogP contribution in [-0.2, 0) is 0 Å². The maximum Gasteiger partial charge on any atom is 0.238 e. The zero-order valence-electron chi connectivity index (χ0n) is 9.64. The maximum atomic E-state index is 8.92. The zero-order chi connectivity index (χ0) is 12.0. The highest BCUT2D eigenvalue weighted by Gasteiger charge is 2.06. The number of nitrogens with zero attached hydrogens (tertiary/aromatic N) is 1. The molecule has 3 N–H and O–H groups in total. The minimum Gasteiger partial charge on any atom is -0.476 e. The summed E-state index contributed by atoms with van der Waals surface area (Å²) < 4.78 is 5.31. The van der Waals surface area contributed by atoms with Gasteiger partial charge in [-0.15, -0.1) is 11.8 Å². The van der Waals surface area contributed by atoms with Gasteiger partial charge in [-0.3, -0.25) is 0 Å². The van der Waals surface area contributed by atoms with Gasteiger partial charge in [0.2, 0.25) is 5.88 Å². The quantitative estimate of drug-likeness (QED) is 0.744. The van der Waals surface area contributed by atoms with Gasteiger partial charge in [0, 0.05) is 12.4 Å². The van der Waals surface area contributed by atoms with Crippen molar-refractivity contribution < 1.29 is 9.84 Å². The molecule has 0 fully saturated rings. The van der Waals surface area contributed by atoms with Crippen LogP contribution in [0, 0.1) is 5.92 Å². The van der Waals surface area contributed by atoms with E-state index in [1.807, 2.05) is 19.9 Å². The Morgan fingerprint density at radius 2 is 2.31 bits per heavy atom. The third-order valence-electron chi connectivity index (χ3n) is 1.97. The Hall–Kier alpha value is -0.940. The number of ether oxygens (including phenoxy) is 1. The minimum atomic E-state index is 0.195. The molecule has 0 aliphatic rings. The third kappa shape index (κ3) is 3.90. The van der Waals surface area contributed by atoms with Gasteiger partial charge in [-0.25, -0.2) is 4.98 Å². The summed E-state index contributed by atoms with van der Waals surface area (Å²) in [6.45, 7) is 4.64. The zero-order valence-corrected chi connectivity index (χ0v) is 10.5. The molecule has 1 heterocycles. The summed E-state index contributed by atoms with van der Waals surface area (Å²) in [5.41, 5.74) is 6.28. The molecular formula is C11H18N2O2S. The molecule has 16 heavy (non-hydrogen) atoms. The van der Waals surface area contributed by atoms with Gasteiger partial charge in [-0.2, -0.15) is 0 Å². The van der Waals surface area contributed by atoms with Crippen molar-refractivity contribution >= 4 is 17.4 Å². The first-order valence-corrected chi connectivity index (χ1v) is 6.28. The average molecular weight is 242 g/mol. The number of aromatic nitrogens is 1. The molecule has 1 unspecified atom stereocenters. The lowest BCUT2D eigenvalue weighted by molar-refractivity contribution is 0.250. The number of pyridine rings is 1. The number of nitrogens with two attached hydrogens (primary N) is 1. The Morgan fingerprint density at radius 1 is 1.56 bits per heavy atom. The average Bonchev–Trinajstić information content (AvgIpc) is 2.30. The van der Waals surface area contributed by atoms with Crippen LogP contribution in [0.15, 0.2) is 17.2 Å². The van der Waals surface area contributed by atoms with E-state index in [1.165, 1.54) is 0 Å². The first-order valence-electron chi connectivity index (χ1n) is 5.30. The third-order valence-corrected chi connectivity index (χ3v) is 3.23. The van der Waals surface area contributed by atoms with Crippen LogP contribution in [-0.4, -0.2) is 29.1 Å². The fourth-order valence-electron chi connectivity index (χ4n) is 1.05. The molecule has 0 amide bonds. The number of thioether (sulfide) groups is 1. The molecule has 5 heteroatoms. The van der Waals surface area contributed by atoms with Crippen molar-refractivity contribution in [2.45, 2.75) is 18.9 Å². The lowest BCUT2D eigenvalue weighted by atomic mass is 10.2. The van der Waals surface area contributed by atoms with Crippen molar-refractivity contribution in [1.29, 1.82) is 0 Å². The summed E-state index contributed by atoms with van der Waals surface area (Å²) in [4.78, 5) is 4.30. The first kappa shape index (κ1) is 13.1. The van der Waals surface area contributed by atoms with E-state index < -0.39 is 0 Å². The van der Waals surface area contributed by atoms with Gasteiger partial charge in [0.05, 0.1) is 12.3 Å². The summed E-state index contributed by atoms with van der Waals surface area (Å²) in [5, 5.41) is 9.79. The summed E-state index contributed by atoms with van der Waals surface area (Å²) in [5.74, 6) is 1.59. The molecule has 0 spiro atoms. The van der Waals surface area contributed by atoms with Crippen LogP contribution in [0.25, 0.3) is 0 Å². The Labute approximate surface area is 100 Å². The summed E-state index contributed by atoms with van der Waals surface area (Å²) in [7, 11) is 0. The van der Waals surface area contributed by atoms with Crippen LogP contribution in [0.5, 0.6) is 5.88 Å². The number of rotatable bonds is 6. The van der Waals surface area contributed by atoms with Crippen molar-refractivity contribution in [2.75, 3.05) is 24.7 Å². The summed E-state index contributed by atoms with van der Waals surface area (Å²) in [6.07, 6.45) is 0. The van der Waals surface area contributed by atoms with E-state index in [0.29, 0.717) is 18.2 Å². The lowest BCUT2D eigenvalue weighted by Crippen LogP contribution is -2.04. The monoisotopic (exact) mass is 242 g/mol. The molecule has 1 rings (SSSR count). The first-order chi connectivity index (χ1) is 7.67. The fourth-order valence-corrected chi connectivity index (χ4v) is 1.92. The molecule has 0 aliphatic carbocycles. The smallest absolute Gasteiger partial charge is 0.238 e. The number of anilines is 1. The molecule has 0 saturated carbocycles. The van der Waals surface area contributed by atoms with E-state index in [9.17, 15) is 0 Å². The van der Waals surface area contributed by atoms with Gasteiger partial charge in [-0.05, 0) is 25.0 Å². The Morgan fingerprint density at radius 3 is 2.94 bits per heavy atom. The maximum absolute atomic E-state index is 8.92. The number of aliphatic hydroxyl groups excluding tert-OH is 1. The highest BCUT2D eigenvalue weighted by Crippen LogP contribution is 2.25. The second kappa shape index (κ2) is 6.60. The highest BCUT2D eigenvalue weighted by atomic mass is 32.2. The molecule has 0 saturated heterocycles. The standard InChI is InChI=1S/C11H18N2O2S/c1-3-15-11-9(12)4-5-10(13-11)16-7-8(2)6-14/h4-5,8,14H,3,6-7,12H2,1-2H3. The van der Waals surface area contributed by atoms with E-state index >= 15 is 0 Å². The largest absolute Gasteiger partial charge is 0.476 e. The summed E-state index contributed by atoms with van der Waals surface area (Å²) >= 11 is 1.60. The number of nitrogen functional groups attached to an aromatic ring is 1. The normalized spacial score (nSPS) is 12.4. The van der Waals surface area contributed by atoms with Crippen LogP contribution >= 0.6 is 11.8 Å².